The number of aryl methyl sites for hydroxylation is 2. The van der Waals surface area contributed by atoms with Crippen molar-refractivity contribution in [3.8, 4) is 0 Å². The number of carbonyl (C=O) groups is 1. The Kier molecular flexibility index (Phi) is 4.93. The van der Waals surface area contributed by atoms with Crippen LogP contribution in [-0.4, -0.2) is 15.9 Å². The van der Waals surface area contributed by atoms with E-state index in [4.69, 9.17) is 0 Å². The zero-order chi connectivity index (χ0) is 20.5. The van der Waals surface area contributed by atoms with Gasteiger partial charge in [-0.15, -0.1) is 0 Å². The summed E-state index contributed by atoms with van der Waals surface area (Å²) in [6, 6.07) is 21.4. The number of nitrogens with zero attached hydrogens (tertiary/aromatic N) is 1. The van der Waals surface area contributed by atoms with Crippen molar-refractivity contribution in [3.63, 3.8) is 0 Å². The molecule has 4 heteroatoms. The van der Waals surface area contributed by atoms with Crippen LogP contribution in [0, 0.1) is 19.7 Å². The summed E-state index contributed by atoms with van der Waals surface area (Å²) in [4.78, 5) is 14.7. The molecule has 3 aromatic carbocycles. The quantitative estimate of drug-likeness (QED) is 0.643. The predicted molar refractivity (Wildman–Crippen MR) is 112 cm³/mol. The maximum Gasteiger partial charge on any atom is 0.290 e. The first kappa shape index (κ1) is 18.9. The monoisotopic (exact) mass is 387 g/mol. The van der Waals surface area contributed by atoms with Crippen molar-refractivity contribution in [2.75, 3.05) is 0 Å². The van der Waals surface area contributed by atoms with Crippen LogP contribution in [0.4, 0.5) is 4.39 Å². The number of hydrogen-bond acceptors (Lipinski definition) is 2. The molecular formula is C25H22FNO2. The van der Waals surface area contributed by atoms with Gasteiger partial charge in [-0.25, -0.2) is 4.39 Å². The molecule has 3 aromatic rings. The van der Waals surface area contributed by atoms with Gasteiger partial charge in [0, 0.05) is 12.1 Å². The summed E-state index contributed by atoms with van der Waals surface area (Å²) >= 11 is 0. The Balaban J connectivity index is 1.80. The zero-order valence-electron chi connectivity index (χ0n) is 16.4. The summed E-state index contributed by atoms with van der Waals surface area (Å²) in [6.07, 6.45) is 0. The number of halogens is 1. The largest absolute Gasteiger partial charge is 0.503 e. The van der Waals surface area contributed by atoms with Crippen LogP contribution >= 0.6 is 0 Å². The molecule has 0 aromatic heterocycles. The maximum absolute atomic E-state index is 13.3. The van der Waals surface area contributed by atoms with E-state index >= 15 is 0 Å². The second-order valence-electron chi connectivity index (χ2n) is 7.50. The Morgan fingerprint density at radius 3 is 2.00 bits per heavy atom. The Morgan fingerprint density at radius 2 is 1.41 bits per heavy atom. The lowest BCUT2D eigenvalue weighted by atomic mass is 9.92. The minimum Gasteiger partial charge on any atom is -0.503 e. The van der Waals surface area contributed by atoms with E-state index in [2.05, 4.69) is 0 Å². The smallest absolute Gasteiger partial charge is 0.290 e. The average molecular weight is 387 g/mol. The minimum atomic E-state index is -0.421. The first-order valence-corrected chi connectivity index (χ1v) is 9.56. The molecule has 3 nitrogen and oxygen atoms in total. The number of aliphatic hydroxyl groups excluding tert-OH is 1. The number of benzene rings is 3. The molecule has 1 atom stereocenters. The molecule has 1 aliphatic heterocycles. The van der Waals surface area contributed by atoms with Crippen molar-refractivity contribution >= 4 is 11.5 Å². The molecule has 1 aliphatic rings. The molecule has 0 spiro atoms. The normalized spacial score (nSPS) is 16.6. The van der Waals surface area contributed by atoms with E-state index in [1.165, 1.54) is 12.1 Å². The zero-order valence-corrected chi connectivity index (χ0v) is 16.4. The summed E-state index contributed by atoms with van der Waals surface area (Å²) in [5.74, 6) is -0.977. The molecule has 0 saturated heterocycles. The van der Waals surface area contributed by atoms with Gasteiger partial charge in [0.15, 0.2) is 5.76 Å². The van der Waals surface area contributed by atoms with E-state index in [-0.39, 0.29) is 18.1 Å². The van der Waals surface area contributed by atoms with Gasteiger partial charge in [0.05, 0.1) is 6.04 Å². The van der Waals surface area contributed by atoms with Gasteiger partial charge in [0.25, 0.3) is 5.91 Å². The van der Waals surface area contributed by atoms with E-state index in [0.29, 0.717) is 5.57 Å². The Labute approximate surface area is 169 Å². The van der Waals surface area contributed by atoms with Gasteiger partial charge in [-0.2, -0.15) is 0 Å². The third-order valence-corrected chi connectivity index (χ3v) is 5.33. The van der Waals surface area contributed by atoms with Crippen LogP contribution in [0.5, 0.6) is 0 Å². The van der Waals surface area contributed by atoms with Crippen molar-refractivity contribution in [3.05, 3.63) is 112 Å². The summed E-state index contributed by atoms with van der Waals surface area (Å²) in [7, 11) is 0. The lowest BCUT2D eigenvalue weighted by molar-refractivity contribution is -0.130. The third-order valence-electron chi connectivity index (χ3n) is 5.33. The summed E-state index contributed by atoms with van der Waals surface area (Å²) in [5.41, 5.74) is 5.36. The minimum absolute atomic E-state index is 0.235. The first-order valence-electron chi connectivity index (χ1n) is 9.56. The summed E-state index contributed by atoms with van der Waals surface area (Å²) in [6.45, 7) is 4.28. The molecule has 0 unspecified atom stereocenters. The fourth-order valence-electron chi connectivity index (χ4n) is 3.73. The summed E-state index contributed by atoms with van der Waals surface area (Å²) in [5, 5.41) is 10.8. The highest BCUT2D eigenvalue weighted by molar-refractivity contribution is 6.05. The molecule has 1 heterocycles. The Bertz CT molecular complexity index is 1070. The fraction of sp³-hybridized carbons (Fsp3) is 0.160. The van der Waals surface area contributed by atoms with E-state index in [9.17, 15) is 14.3 Å². The maximum atomic E-state index is 13.3. The molecule has 146 valence electrons. The van der Waals surface area contributed by atoms with E-state index < -0.39 is 11.9 Å². The molecule has 29 heavy (non-hydrogen) atoms. The second kappa shape index (κ2) is 7.55. The van der Waals surface area contributed by atoms with Crippen molar-refractivity contribution in [2.24, 2.45) is 0 Å². The molecular weight excluding hydrogens is 365 g/mol. The van der Waals surface area contributed by atoms with Crippen LogP contribution < -0.4 is 0 Å². The molecule has 1 N–H and O–H groups in total. The molecule has 0 fully saturated rings. The lowest BCUT2D eigenvalue weighted by Crippen LogP contribution is -2.29. The van der Waals surface area contributed by atoms with Gasteiger partial charge in [0.2, 0.25) is 0 Å². The predicted octanol–water partition coefficient (Wildman–Crippen LogP) is 5.50. The van der Waals surface area contributed by atoms with Gasteiger partial charge >= 0.3 is 0 Å². The van der Waals surface area contributed by atoms with Gasteiger partial charge < -0.3 is 10.0 Å². The van der Waals surface area contributed by atoms with Crippen molar-refractivity contribution < 1.29 is 14.3 Å². The van der Waals surface area contributed by atoms with Crippen LogP contribution in [0.2, 0.25) is 0 Å². The number of hydrogen-bond donors (Lipinski definition) is 1. The van der Waals surface area contributed by atoms with Crippen LogP contribution in [0.15, 0.2) is 78.6 Å². The van der Waals surface area contributed by atoms with Gasteiger partial charge in [-0.05, 0) is 42.7 Å². The van der Waals surface area contributed by atoms with Crippen molar-refractivity contribution in [1.29, 1.82) is 0 Å². The highest BCUT2D eigenvalue weighted by Gasteiger charge is 2.40. The summed E-state index contributed by atoms with van der Waals surface area (Å²) < 4.78 is 13.3. The van der Waals surface area contributed by atoms with Gasteiger partial charge in [-0.3, -0.25) is 4.79 Å². The average Bonchev–Trinajstić information content (AvgIpc) is 2.96. The molecule has 4 rings (SSSR count). The van der Waals surface area contributed by atoms with Gasteiger partial charge in [0.1, 0.15) is 5.82 Å². The highest BCUT2D eigenvalue weighted by atomic mass is 19.1. The first-order chi connectivity index (χ1) is 13.9. The van der Waals surface area contributed by atoms with Crippen molar-refractivity contribution in [1.82, 2.24) is 4.90 Å². The van der Waals surface area contributed by atoms with Crippen LogP contribution in [0.3, 0.4) is 0 Å². The Hall–Kier alpha value is -3.40. The number of amides is 1. The molecule has 0 bridgehead atoms. The fourth-order valence-corrected chi connectivity index (χ4v) is 3.73. The van der Waals surface area contributed by atoms with Crippen molar-refractivity contribution in [2.45, 2.75) is 26.4 Å². The highest BCUT2D eigenvalue weighted by Crippen LogP contribution is 2.43. The topological polar surface area (TPSA) is 40.5 Å². The molecule has 0 radical (unpaired) electrons. The molecule has 0 saturated carbocycles. The third kappa shape index (κ3) is 3.66. The van der Waals surface area contributed by atoms with E-state index in [1.54, 1.807) is 17.0 Å². The number of aliphatic hydroxyl groups is 1. The van der Waals surface area contributed by atoms with Gasteiger partial charge in [-0.1, -0.05) is 71.8 Å². The van der Waals surface area contributed by atoms with E-state index in [1.807, 2.05) is 62.4 Å². The lowest BCUT2D eigenvalue weighted by Gasteiger charge is -2.27. The molecule has 1 amide bonds. The van der Waals surface area contributed by atoms with E-state index in [0.717, 1.165) is 27.8 Å². The van der Waals surface area contributed by atoms with Crippen LogP contribution in [-0.2, 0) is 11.3 Å². The Morgan fingerprint density at radius 1 is 0.862 bits per heavy atom. The van der Waals surface area contributed by atoms with Crippen LogP contribution in [0.25, 0.3) is 5.57 Å². The number of carbonyl (C=O) groups excluding carboxylic acids is 1. The second-order valence-corrected chi connectivity index (χ2v) is 7.50. The van der Waals surface area contributed by atoms with Crippen LogP contribution in [0.1, 0.15) is 33.9 Å². The number of rotatable bonds is 4. The standard InChI is InChI=1S/C25H22FNO2/c1-16-3-9-19(10-4-16)22-23(20-11-5-17(2)6-12-20)27(25(29)24(22)28)15-18-7-13-21(26)14-8-18/h3-14,23,28H,15H2,1-2H3/t23-/m1/s1. The SMILES string of the molecule is Cc1ccc(C2=C(O)C(=O)N(Cc3ccc(F)cc3)[C@@H]2c2ccc(C)cc2)cc1. The molecule has 0 aliphatic carbocycles.